The van der Waals surface area contributed by atoms with E-state index in [0.29, 0.717) is 12.6 Å². The van der Waals surface area contributed by atoms with E-state index < -0.39 is 0 Å². The number of hydrogen-bond acceptors (Lipinski definition) is 3. The number of aliphatic hydroxyl groups is 1. The molecule has 1 fully saturated rings. The zero-order valence-corrected chi connectivity index (χ0v) is 8.55. The summed E-state index contributed by atoms with van der Waals surface area (Å²) >= 11 is 0. The Morgan fingerprint density at radius 2 is 2.15 bits per heavy atom. The molecule has 3 heteroatoms. The van der Waals surface area contributed by atoms with Crippen molar-refractivity contribution in [2.75, 3.05) is 26.2 Å². The van der Waals surface area contributed by atoms with Crippen molar-refractivity contribution in [2.45, 2.75) is 32.2 Å². The van der Waals surface area contributed by atoms with Gasteiger partial charge in [0.2, 0.25) is 0 Å². The highest BCUT2D eigenvalue weighted by Crippen LogP contribution is 2.18. The smallest absolute Gasteiger partial charge is 0.0445 e. The molecule has 1 aliphatic heterocycles. The normalized spacial score (nSPS) is 21.7. The lowest BCUT2D eigenvalue weighted by atomic mass is 9.88. The van der Waals surface area contributed by atoms with Gasteiger partial charge < -0.3 is 15.7 Å². The number of hydrogen-bond donors (Lipinski definition) is 3. The van der Waals surface area contributed by atoms with Gasteiger partial charge in [-0.1, -0.05) is 6.92 Å². The van der Waals surface area contributed by atoms with E-state index in [-0.39, 0.29) is 0 Å². The third-order valence-corrected chi connectivity index (χ3v) is 2.86. The molecule has 1 saturated heterocycles. The molecule has 3 N–H and O–H groups in total. The van der Waals surface area contributed by atoms with Gasteiger partial charge in [-0.15, -0.1) is 0 Å². The molecule has 3 nitrogen and oxygen atoms in total. The predicted octanol–water partition coefficient (Wildman–Crippen LogP) is 0.346. The fourth-order valence-corrected chi connectivity index (χ4v) is 2.15. The zero-order valence-electron chi connectivity index (χ0n) is 8.55. The maximum atomic E-state index is 8.94. The second-order valence-electron chi connectivity index (χ2n) is 3.76. The molecule has 0 amide bonds. The van der Waals surface area contributed by atoms with Gasteiger partial charge in [-0.05, 0) is 44.8 Å². The van der Waals surface area contributed by atoms with E-state index in [4.69, 9.17) is 5.11 Å². The van der Waals surface area contributed by atoms with Crippen LogP contribution in [0.4, 0.5) is 0 Å². The van der Waals surface area contributed by atoms with Crippen LogP contribution in [0.2, 0.25) is 0 Å². The van der Waals surface area contributed by atoms with Crippen molar-refractivity contribution in [1.29, 1.82) is 0 Å². The number of rotatable bonds is 5. The molecule has 1 aliphatic rings. The topological polar surface area (TPSA) is 44.3 Å². The van der Waals surface area contributed by atoms with Crippen molar-refractivity contribution in [3.8, 4) is 0 Å². The van der Waals surface area contributed by atoms with Crippen LogP contribution in [0.25, 0.3) is 0 Å². The van der Waals surface area contributed by atoms with Gasteiger partial charge in [0.1, 0.15) is 0 Å². The lowest BCUT2D eigenvalue weighted by Crippen LogP contribution is -2.42. The summed E-state index contributed by atoms with van der Waals surface area (Å²) in [6.45, 7) is 5.72. The predicted molar refractivity (Wildman–Crippen MR) is 54.8 cm³/mol. The summed E-state index contributed by atoms with van der Waals surface area (Å²) in [4.78, 5) is 0. The summed E-state index contributed by atoms with van der Waals surface area (Å²) in [5.74, 6) is 0.758. The lowest BCUT2D eigenvalue weighted by molar-refractivity contribution is 0.213. The van der Waals surface area contributed by atoms with Gasteiger partial charge in [-0.25, -0.2) is 0 Å². The van der Waals surface area contributed by atoms with E-state index in [0.717, 1.165) is 32.0 Å². The van der Waals surface area contributed by atoms with Crippen LogP contribution < -0.4 is 10.6 Å². The van der Waals surface area contributed by atoms with Gasteiger partial charge in [0.15, 0.2) is 0 Å². The summed E-state index contributed by atoms with van der Waals surface area (Å²) in [6, 6.07) is 0.525. The number of nitrogens with one attached hydrogen (secondary N) is 2. The van der Waals surface area contributed by atoms with Gasteiger partial charge in [-0.2, -0.15) is 0 Å². The van der Waals surface area contributed by atoms with E-state index in [1.165, 1.54) is 12.8 Å². The number of aliphatic hydroxyl groups excluding tert-OH is 1. The molecule has 1 heterocycles. The van der Waals surface area contributed by atoms with Gasteiger partial charge >= 0.3 is 0 Å². The first-order valence-corrected chi connectivity index (χ1v) is 5.43. The van der Waals surface area contributed by atoms with E-state index >= 15 is 0 Å². The van der Waals surface area contributed by atoms with Crippen molar-refractivity contribution in [3.63, 3.8) is 0 Å². The largest absolute Gasteiger partial charge is 0.396 e. The summed E-state index contributed by atoms with van der Waals surface area (Å²) < 4.78 is 0. The maximum Gasteiger partial charge on any atom is 0.0445 e. The SMILES string of the molecule is CCNC(CCO)C1CCNCC1. The van der Waals surface area contributed by atoms with Gasteiger partial charge in [-0.3, -0.25) is 0 Å². The van der Waals surface area contributed by atoms with Crippen LogP contribution in [0.5, 0.6) is 0 Å². The summed E-state index contributed by atoms with van der Waals surface area (Å²) in [5, 5.41) is 15.8. The quantitative estimate of drug-likeness (QED) is 0.580. The summed E-state index contributed by atoms with van der Waals surface area (Å²) in [5.41, 5.74) is 0. The highest BCUT2D eigenvalue weighted by atomic mass is 16.3. The van der Waals surface area contributed by atoms with E-state index in [1.807, 2.05) is 0 Å². The summed E-state index contributed by atoms with van der Waals surface area (Å²) in [7, 11) is 0. The molecular formula is C10H22N2O. The Kier molecular flexibility index (Phi) is 5.35. The second kappa shape index (κ2) is 6.35. The molecule has 0 bridgehead atoms. The fraction of sp³-hybridized carbons (Fsp3) is 1.00. The third-order valence-electron chi connectivity index (χ3n) is 2.86. The van der Waals surface area contributed by atoms with Crippen molar-refractivity contribution >= 4 is 0 Å². The Morgan fingerprint density at radius 3 is 2.69 bits per heavy atom. The standard InChI is InChI=1S/C10H22N2O/c1-2-12-10(5-8-13)9-3-6-11-7-4-9/h9-13H,2-8H2,1H3. The summed E-state index contributed by atoms with van der Waals surface area (Å²) in [6.07, 6.45) is 3.40. The van der Waals surface area contributed by atoms with Crippen LogP contribution >= 0.6 is 0 Å². The van der Waals surface area contributed by atoms with Crippen LogP contribution in [-0.4, -0.2) is 37.4 Å². The molecular weight excluding hydrogens is 164 g/mol. The maximum absolute atomic E-state index is 8.94. The first kappa shape index (κ1) is 11.0. The molecule has 1 atom stereocenters. The minimum Gasteiger partial charge on any atom is -0.396 e. The molecule has 1 rings (SSSR count). The molecule has 0 spiro atoms. The molecule has 0 aromatic rings. The minimum absolute atomic E-state index is 0.307. The minimum atomic E-state index is 0.307. The van der Waals surface area contributed by atoms with Gasteiger partial charge in [0.25, 0.3) is 0 Å². The Labute approximate surface area is 80.9 Å². The molecule has 13 heavy (non-hydrogen) atoms. The van der Waals surface area contributed by atoms with Crippen LogP contribution in [0.1, 0.15) is 26.2 Å². The highest BCUT2D eigenvalue weighted by molar-refractivity contribution is 4.80. The molecule has 0 aromatic heterocycles. The molecule has 0 aliphatic carbocycles. The van der Waals surface area contributed by atoms with E-state index in [9.17, 15) is 0 Å². The molecule has 0 saturated carbocycles. The average Bonchev–Trinajstić information content (AvgIpc) is 2.19. The van der Waals surface area contributed by atoms with Crippen molar-refractivity contribution < 1.29 is 5.11 Å². The van der Waals surface area contributed by atoms with Crippen molar-refractivity contribution in [1.82, 2.24) is 10.6 Å². The van der Waals surface area contributed by atoms with Crippen LogP contribution in [0.3, 0.4) is 0 Å². The monoisotopic (exact) mass is 186 g/mol. The third kappa shape index (κ3) is 3.63. The molecule has 0 radical (unpaired) electrons. The van der Waals surface area contributed by atoms with E-state index in [2.05, 4.69) is 17.6 Å². The van der Waals surface area contributed by atoms with Crippen LogP contribution in [-0.2, 0) is 0 Å². The second-order valence-corrected chi connectivity index (χ2v) is 3.76. The fourth-order valence-electron chi connectivity index (χ4n) is 2.15. The highest BCUT2D eigenvalue weighted by Gasteiger charge is 2.21. The Bertz CT molecular complexity index is 118. The van der Waals surface area contributed by atoms with Gasteiger partial charge in [0, 0.05) is 12.6 Å². The van der Waals surface area contributed by atoms with Gasteiger partial charge in [0.05, 0.1) is 0 Å². The van der Waals surface area contributed by atoms with Crippen molar-refractivity contribution in [2.24, 2.45) is 5.92 Å². The first-order chi connectivity index (χ1) is 6.38. The molecule has 78 valence electrons. The average molecular weight is 186 g/mol. The van der Waals surface area contributed by atoms with Crippen LogP contribution in [0, 0.1) is 5.92 Å². The molecule has 1 unspecified atom stereocenters. The Morgan fingerprint density at radius 1 is 1.46 bits per heavy atom. The van der Waals surface area contributed by atoms with Crippen LogP contribution in [0.15, 0.2) is 0 Å². The zero-order chi connectivity index (χ0) is 9.52. The number of piperidine rings is 1. The molecule has 0 aromatic carbocycles. The van der Waals surface area contributed by atoms with E-state index in [1.54, 1.807) is 0 Å². The first-order valence-electron chi connectivity index (χ1n) is 5.43. The Hall–Kier alpha value is -0.120. The lowest BCUT2D eigenvalue weighted by Gasteiger charge is -2.30. The van der Waals surface area contributed by atoms with Crippen molar-refractivity contribution in [3.05, 3.63) is 0 Å². The Balaban J connectivity index is 2.32.